The van der Waals surface area contributed by atoms with Crippen LogP contribution in [0.15, 0.2) is 46.8 Å². The number of nitrogens with one attached hydrogen (secondary N) is 2. The molecule has 0 radical (unpaired) electrons. The number of aryl methyl sites for hydroxylation is 1. The zero-order valence-corrected chi connectivity index (χ0v) is 13.7. The van der Waals surface area contributed by atoms with Crippen molar-refractivity contribution < 1.29 is 5.11 Å². The zero-order valence-electron chi connectivity index (χ0n) is 12.9. The summed E-state index contributed by atoms with van der Waals surface area (Å²) >= 11 is 1.78. The third-order valence-electron chi connectivity index (χ3n) is 3.34. The first kappa shape index (κ1) is 16.4. The average Bonchev–Trinajstić information content (AvgIpc) is 3.04. The third-order valence-corrected chi connectivity index (χ3v) is 4.27. The number of thiophene rings is 1. The molecule has 0 aliphatic carbocycles. The predicted octanol–water partition coefficient (Wildman–Crippen LogP) is 2.79. The van der Waals surface area contributed by atoms with Gasteiger partial charge in [0.2, 0.25) is 0 Å². The van der Waals surface area contributed by atoms with Crippen molar-refractivity contribution in [2.75, 3.05) is 20.1 Å². The molecule has 2 aromatic rings. The highest BCUT2D eigenvalue weighted by atomic mass is 32.1. The van der Waals surface area contributed by atoms with Crippen LogP contribution in [-0.4, -0.2) is 31.2 Å². The minimum Gasteiger partial charge on any atom is -0.508 e. The van der Waals surface area contributed by atoms with Gasteiger partial charge in [-0.3, -0.25) is 4.99 Å². The fraction of sp³-hybridized carbons (Fsp3) is 0.353. The lowest BCUT2D eigenvalue weighted by molar-refractivity contribution is 0.475. The van der Waals surface area contributed by atoms with E-state index >= 15 is 0 Å². The predicted molar refractivity (Wildman–Crippen MR) is 93.8 cm³/mol. The number of aliphatic imine (C=N–C) groups is 1. The number of phenols is 1. The van der Waals surface area contributed by atoms with Gasteiger partial charge in [-0.15, -0.1) is 11.3 Å². The van der Waals surface area contributed by atoms with Gasteiger partial charge in [0.05, 0.1) is 0 Å². The van der Waals surface area contributed by atoms with Crippen LogP contribution in [-0.2, 0) is 12.8 Å². The molecule has 118 valence electrons. The van der Waals surface area contributed by atoms with Crippen molar-refractivity contribution in [1.29, 1.82) is 0 Å². The molecule has 0 aliphatic heterocycles. The Labute approximate surface area is 135 Å². The Kier molecular flexibility index (Phi) is 6.77. The van der Waals surface area contributed by atoms with Crippen LogP contribution in [0.3, 0.4) is 0 Å². The summed E-state index contributed by atoms with van der Waals surface area (Å²) in [5.74, 6) is 1.17. The molecule has 0 fully saturated rings. The molecule has 2 rings (SSSR count). The zero-order chi connectivity index (χ0) is 15.6. The molecule has 0 spiro atoms. The second-order valence-corrected chi connectivity index (χ2v) is 6.06. The molecular weight excluding hydrogens is 294 g/mol. The van der Waals surface area contributed by atoms with E-state index in [1.54, 1.807) is 30.5 Å². The van der Waals surface area contributed by atoms with Gasteiger partial charge in [-0.2, -0.15) is 0 Å². The highest BCUT2D eigenvalue weighted by Gasteiger charge is 1.99. The standard InChI is InChI=1S/C17H23N3OS/c1-18-17(20-12-10-16-5-3-13-22-16)19-11-2-4-14-6-8-15(21)9-7-14/h3,5-9,13,21H,2,4,10-12H2,1H3,(H2,18,19,20). The van der Waals surface area contributed by atoms with E-state index in [4.69, 9.17) is 0 Å². The Hall–Kier alpha value is -2.01. The maximum absolute atomic E-state index is 9.25. The SMILES string of the molecule is CN=C(NCCCc1ccc(O)cc1)NCCc1cccs1. The monoisotopic (exact) mass is 317 g/mol. The van der Waals surface area contributed by atoms with Crippen molar-refractivity contribution in [2.24, 2.45) is 4.99 Å². The summed E-state index contributed by atoms with van der Waals surface area (Å²) in [7, 11) is 1.79. The summed E-state index contributed by atoms with van der Waals surface area (Å²) < 4.78 is 0. The molecule has 0 aliphatic rings. The van der Waals surface area contributed by atoms with Gasteiger partial charge in [0.25, 0.3) is 0 Å². The first-order chi connectivity index (χ1) is 10.8. The molecular formula is C17H23N3OS. The van der Waals surface area contributed by atoms with Crippen molar-refractivity contribution in [3.05, 3.63) is 52.2 Å². The summed E-state index contributed by atoms with van der Waals surface area (Å²) in [5.41, 5.74) is 1.24. The molecule has 0 bridgehead atoms. The van der Waals surface area contributed by atoms with E-state index in [0.717, 1.165) is 38.3 Å². The Morgan fingerprint density at radius 3 is 2.55 bits per heavy atom. The molecule has 4 nitrogen and oxygen atoms in total. The molecule has 0 atom stereocenters. The normalized spacial score (nSPS) is 11.4. The number of rotatable bonds is 7. The van der Waals surface area contributed by atoms with Gasteiger partial charge in [-0.1, -0.05) is 18.2 Å². The van der Waals surface area contributed by atoms with Crippen LogP contribution in [0.5, 0.6) is 5.75 Å². The van der Waals surface area contributed by atoms with Crippen molar-refractivity contribution in [2.45, 2.75) is 19.3 Å². The van der Waals surface area contributed by atoms with Crippen LogP contribution in [0.1, 0.15) is 16.9 Å². The Bertz CT molecular complexity index is 564. The van der Waals surface area contributed by atoms with Gasteiger partial charge < -0.3 is 15.7 Å². The Morgan fingerprint density at radius 2 is 1.86 bits per heavy atom. The molecule has 0 unspecified atom stereocenters. The topological polar surface area (TPSA) is 56.7 Å². The smallest absolute Gasteiger partial charge is 0.190 e. The van der Waals surface area contributed by atoms with E-state index in [-0.39, 0.29) is 0 Å². The fourth-order valence-corrected chi connectivity index (χ4v) is 2.85. The Balaban J connectivity index is 1.60. The second-order valence-electron chi connectivity index (χ2n) is 5.03. The minimum absolute atomic E-state index is 0.317. The highest BCUT2D eigenvalue weighted by molar-refractivity contribution is 7.09. The number of phenolic OH excluding ortho intramolecular Hbond substituents is 1. The lowest BCUT2D eigenvalue weighted by Gasteiger charge is -2.11. The summed E-state index contributed by atoms with van der Waals surface area (Å²) in [4.78, 5) is 5.61. The van der Waals surface area contributed by atoms with Crippen molar-refractivity contribution in [1.82, 2.24) is 10.6 Å². The van der Waals surface area contributed by atoms with Gasteiger partial charge in [0, 0.05) is 25.0 Å². The first-order valence-corrected chi connectivity index (χ1v) is 8.40. The average molecular weight is 317 g/mol. The van der Waals surface area contributed by atoms with Crippen LogP contribution >= 0.6 is 11.3 Å². The van der Waals surface area contributed by atoms with Crippen LogP contribution in [0.4, 0.5) is 0 Å². The lowest BCUT2D eigenvalue weighted by atomic mass is 10.1. The van der Waals surface area contributed by atoms with Crippen molar-refractivity contribution in [3.8, 4) is 5.75 Å². The molecule has 0 saturated heterocycles. The Morgan fingerprint density at radius 1 is 1.09 bits per heavy atom. The van der Waals surface area contributed by atoms with E-state index in [1.165, 1.54) is 10.4 Å². The molecule has 5 heteroatoms. The number of aromatic hydroxyl groups is 1. The van der Waals surface area contributed by atoms with Crippen LogP contribution in [0.25, 0.3) is 0 Å². The molecule has 3 N–H and O–H groups in total. The van der Waals surface area contributed by atoms with Crippen LogP contribution < -0.4 is 10.6 Å². The quantitative estimate of drug-likeness (QED) is 0.418. The summed E-state index contributed by atoms with van der Waals surface area (Å²) in [6.45, 7) is 1.76. The van der Waals surface area contributed by atoms with Crippen LogP contribution in [0, 0.1) is 0 Å². The lowest BCUT2D eigenvalue weighted by Crippen LogP contribution is -2.38. The summed E-state index contributed by atoms with van der Waals surface area (Å²) in [6, 6.07) is 11.6. The molecule has 1 aromatic heterocycles. The summed E-state index contributed by atoms with van der Waals surface area (Å²) in [6.07, 6.45) is 3.03. The van der Waals surface area contributed by atoms with Gasteiger partial charge in [0.1, 0.15) is 5.75 Å². The number of hydrogen-bond acceptors (Lipinski definition) is 3. The van der Waals surface area contributed by atoms with Gasteiger partial charge in [-0.05, 0) is 48.4 Å². The van der Waals surface area contributed by atoms with Crippen LogP contribution in [0.2, 0.25) is 0 Å². The van der Waals surface area contributed by atoms with Gasteiger partial charge in [0.15, 0.2) is 5.96 Å². The van der Waals surface area contributed by atoms with E-state index in [9.17, 15) is 5.11 Å². The molecule has 1 heterocycles. The molecule has 0 amide bonds. The third kappa shape index (κ3) is 5.77. The number of nitrogens with zero attached hydrogens (tertiary/aromatic N) is 1. The van der Waals surface area contributed by atoms with Gasteiger partial charge >= 0.3 is 0 Å². The van der Waals surface area contributed by atoms with E-state index < -0.39 is 0 Å². The van der Waals surface area contributed by atoms with E-state index in [0.29, 0.717) is 5.75 Å². The molecule has 0 saturated carbocycles. The maximum Gasteiger partial charge on any atom is 0.190 e. The molecule has 22 heavy (non-hydrogen) atoms. The largest absolute Gasteiger partial charge is 0.508 e. The second kappa shape index (κ2) is 9.10. The van der Waals surface area contributed by atoms with Crippen molar-refractivity contribution in [3.63, 3.8) is 0 Å². The summed E-state index contributed by atoms with van der Waals surface area (Å²) in [5, 5.41) is 18.0. The number of guanidine groups is 1. The maximum atomic E-state index is 9.25. The fourth-order valence-electron chi connectivity index (χ4n) is 2.14. The van der Waals surface area contributed by atoms with Gasteiger partial charge in [-0.25, -0.2) is 0 Å². The number of hydrogen-bond donors (Lipinski definition) is 3. The van der Waals surface area contributed by atoms with E-state index in [2.05, 4.69) is 33.1 Å². The minimum atomic E-state index is 0.317. The van der Waals surface area contributed by atoms with E-state index in [1.807, 2.05) is 12.1 Å². The van der Waals surface area contributed by atoms with Crippen molar-refractivity contribution >= 4 is 17.3 Å². The number of benzene rings is 1. The first-order valence-electron chi connectivity index (χ1n) is 7.53. The highest BCUT2D eigenvalue weighted by Crippen LogP contribution is 2.10. The molecule has 1 aromatic carbocycles.